The van der Waals surface area contributed by atoms with E-state index in [9.17, 15) is 19.5 Å². The molecule has 2 aliphatic heterocycles. The Morgan fingerprint density at radius 3 is 2.43 bits per heavy atom. The molecule has 8 heteroatoms. The molecule has 0 radical (unpaired) electrons. The summed E-state index contributed by atoms with van der Waals surface area (Å²) in [4.78, 5) is 38.8. The van der Waals surface area contributed by atoms with E-state index in [1.807, 2.05) is 0 Å². The molecule has 2 saturated heterocycles. The minimum atomic E-state index is -1.03. The molecule has 2 heterocycles. The summed E-state index contributed by atoms with van der Waals surface area (Å²) in [5.41, 5.74) is -0.701. The van der Waals surface area contributed by atoms with E-state index in [0.29, 0.717) is 25.9 Å². The Morgan fingerprint density at radius 1 is 1.26 bits per heavy atom. The van der Waals surface area contributed by atoms with Crippen LogP contribution in [0.3, 0.4) is 0 Å². The van der Waals surface area contributed by atoms with Crippen LogP contribution in [0.1, 0.15) is 33.6 Å². The molecular weight excluding hydrogens is 302 g/mol. The van der Waals surface area contributed by atoms with Gasteiger partial charge in [-0.05, 0) is 39.5 Å². The summed E-state index contributed by atoms with van der Waals surface area (Å²) in [5, 5.41) is 12.0. The molecule has 130 valence electrons. The van der Waals surface area contributed by atoms with Crippen molar-refractivity contribution in [2.75, 3.05) is 20.1 Å². The smallest absolute Gasteiger partial charge is 0.411 e. The lowest BCUT2D eigenvalue weighted by molar-refractivity contribution is -0.142. The fourth-order valence-electron chi connectivity index (χ4n) is 3.34. The van der Waals surface area contributed by atoms with Gasteiger partial charge in [0.25, 0.3) is 0 Å². The third-order valence-electron chi connectivity index (χ3n) is 4.33. The lowest BCUT2D eigenvalue weighted by Crippen LogP contribution is -2.55. The average Bonchev–Trinajstić information content (AvgIpc) is 2.83. The summed E-state index contributed by atoms with van der Waals surface area (Å²) < 4.78 is 5.38. The summed E-state index contributed by atoms with van der Waals surface area (Å²) in [7, 11) is 1.55. The van der Waals surface area contributed by atoms with E-state index in [1.165, 1.54) is 4.90 Å². The van der Waals surface area contributed by atoms with Crippen molar-refractivity contribution in [3.8, 4) is 0 Å². The molecule has 0 bridgehead atoms. The zero-order valence-electron chi connectivity index (χ0n) is 14.0. The van der Waals surface area contributed by atoms with Crippen molar-refractivity contribution >= 4 is 18.1 Å². The molecule has 0 aliphatic carbocycles. The van der Waals surface area contributed by atoms with Crippen LogP contribution >= 0.6 is 0 Å². The molecule has 23 heavy (non-hydrogen) atoms. The van der Waals surface area contributed by atoms with Crippen molar-refractivity contribution in [1.82, 2.24) is 15.1 Å². The molecule has 3 amide bonds. The summed E-state index contributed by atoms with van der Waals surface area (Å²) in [6, 6.07) is -1.44. The molecule has 0 aromatic carbocycles. The highest BCUT2D eigenvalue weighted by Gasteiger charge is 2.50. The van der Waals surface area contributed by atoms with E-state index in [1.54, 1.807) is 32.7 Å². The van der Waals surface area contributed by atoms with Gasteiger partial charge in [-0.3, -0.25) is 4.90 Å². The second kappa shape index (κ2) is 6.25. The van der Waals surface area contributed by atoms with Crippen LogP contribution in [0.2, 0.25) is 0 Å². The zero-order chi connectivity index (χ0) is 17.4. The molecule has 3 atom stereocenters. The lowest BCUT2D eigenvalue weighted by Gasteiger charge is -2.38. The number of carbonyl (C=O) groups excluding carboxylic acids is 2. The maximum absolute atomic E-state index is 12.5. The Bertz CT molecular complexity index is 502. The van der Waals surface area contributed by atoms with Crippen molar-refractivity contribution in [2.45, 2.75) is 51.3 Å². The van der Waals surface area contributed by atoms with Crippen molar-refractivity contribution in [3.63, 3.8) is 0 Å². The first-order valence-corrected chi connectivity index (χ1v) is 7.85. The number of carboxylic acid groups (broad SMARTS) is 1. The quantitative estimate of drug-likeness (QED) is 0.751. The van der Waals surface area contributed by atoms with Gasteiger partial charge in [0, 0.05) is 20.1 Å². The van der Waals surface area contributed by atoms with Gasteiger partial charge < -0.3 is 20.1 Å². The van der Waals surface area contributed by atoms with Gasteiger partial charge in [0.2, 0.25) is 0 Å². The highest BCUT2D eigenvalue weighted by Crippen LogP contribution is 2.37. The number of carboxylic acids is 1. The van der Waals surface area contributed by atoms with Crippen LogP contribution in [0, 0.1) is 5.92 Å². The number of aliphatic carboxylic acids is 1. The normalized spacial score (nSPS) is 27.4. The monoisotopic (exact) mass is 327 g/mol. The van der Waals surface area contributed by atoms with Crippen LogP contribution in [0.4, 0.5) is 9.59 Å². The van der Waals surface area contributed by atoms with Crippen molar-refractivity contribution in [1.29, 1.82) is 0 Å². The molecule has 2 aliphatic rings. The van der Waals surface area contributed by atoms with Gasteiger partial charge in [0.05, 0.1) is 6.04 Å². The van der Waals surface area contributed by atoms with Gasteiger partial charge in [-0.25, -0.2) is 14.4 Å². The van der Waals surface area contributed by atoms with Crippen LogP contribution in [0.5, 0.6) is 0 Å². The third kappa shape index (κ3) is 3.68. The van der Waals surface area contributed by atoms with Crippen LogP contribution in [-0.4, -0.2) is 70.8 Å². The number of piperidine rings is 1. The summed E-state index contributed by atoms with van der Waals surface area (Å²) in [5.74, 6) is -0.957. The summed E-state index contributed by atoms with van der Waals surface area (Å²) in [6.07, 6.45) is 0.457. The van der Waals surface area contributed by atoms with E-state index >= 15 is 0 Å². The number of rotatable bonds is 1. The Morgan fingerprint density at radius 2 is 1.91 bits per heavy atom. The molecule has 8 nitrogen and oxygen atoms in total. The number of likely N-dealkylation sites (tertiary alicyclic amines) is 2. The maximum atomic E-state index is 12.5. The average molecular weight is 327 g/mol. The van der Waals surface area contributed by atoms with E-state index in [0.717, 1.165) is 0 Å². The third-order valence-corrected chi connectivity index (χ3v) is 4.33. The van der Waals surface area contributed by atoms with Crippen LogP contribution in [0.15, 0.2) is 0 Å². The minimum Gasteiger partial charge on any atom is -0.480 e. The molecule has 0 unspecified atom stereocenters. The van der Waals surface area contributed by atoms with Gasteiger partial charge >= 0.3 is 18.1 Å². The van der Waals surface area contributed by atoms with Crippen molar-refractivity contribution < 1.29 is 24.2 Å². The molecule has 2 N–H and O–H groups in total. The number of nitrogens with one attached hydrogen (secondary N) is 1. The molecule has 2 rings (SSSR count). The molecular formula is C15H25N3O5. The fraction of sp³-hybridized carbons (Fsp3) is 0.800. The Labute approximate surface area is 135 Å². The van der Waals surface area contributed by atoms with Crippen LogP contribution in [-0.2, 0) is 9.53 Å². The number of hydrogen-bond acceptors (Lipinski definition) is 4. The largest absolute Gasteiger partial charge is 0.480 e. The minimum absolute atomic E-state index is 0.0736. The second-order valence-corrected chi connectivity index (χ2v) is 7.09. The predicted octanol–water partition coefficient (Wildman–Crippen LogP) is 1.11. The summed E-state index contributed by atoms with van der Waals surface area (Å²) in [6.45, 7) is 6.12. The Kier molecular flexibility index (Phi) is 4.72. The number of urea groups is 1. The maximum Gasteiger partial charge on any atom is 0.411 e. The number of carbonyl (C=O) groups is 3. The number of amides is 3. The standard InChI is InChI=1S/C15H25N3O5/c1-15(2,3)23-14(22)18-10(12(19)20)7-9-5-6-17(8-11(9)18)13(21)16-4/h9-11H,5-8H2,1-4H3,(H,16,21)(H,19,20)/t9-,10-,11-/m1/s1. The van der Waals surface area contributed by atoms with Crippen molar-refractivity contribution in [3.05, 3.63) is 0 Å². The topological polar surface area (TPSA) is 99.2 Å². The first-order valence-electron chi connectivity index (χ1n) is 7.85. The van der Waals surface area contributed by atoms with E-state index < -0.39 is 23.7 Å². The number of ether oxygens (including phenoxy) is 1. The fourth-order valence-corrected chi connectivity index (χ4v) is 3.34. The van der Waals surface area contributed by atoms with Gasteiger partial charge in [-0.15, -0.1) is 0 Å². The first kappa shape index (κ1) is 17.4. The highest BCUT2D eigenvalue weighted by molar-refractivity contribution is 5.81. The molecule has 0 spiro atoms. The highest BCUT2D eigenvalue weighted by atomic mass is 16.6. The Hall–Kier alpha value is -1.99. The first-order chi connectivity index (χ1) is 10.6. The van der Waals surface area contributed by atoms with Gasteiger partial charge in [-0.2, -0.15) is 0 Å². The summed E-state index contributed by atoms with van der Waals surface area (Å²) >= 11 is 0. The van der Waals surface area contributed by atoms with Crippen LogP contribution in [0.25, 0.3) is 0 Å². The zero-order valence-corrected chi connectivity index (χ0v) is 14.0. The SMILES string of the molecule is CNC(=O)N1CC[C@@H]2C[C@H](C(=O)O)N(C(=O)OC(C)(C)C)[C@@H]2C1. The molecule has 2 fully saturated rings. The van der Waals surface area contributed by atoms with Crippen molar-refractivity contribution in [2.24, 2.45) is 5.92 Å². The Balaban J connectivity index is 2.22. The molecule has 0 aromatic rings. The van der Waals surface area contributed by atoms with Gasteiger partial charge in [0.15, 0.2) is 0 Å². The van der Waals surface area contributed by atoms with E-state index in [-0.39, 0.29) is 18.0 Å². The predicted molar refractivity (Wildman–Crippen MR) is 82.0 cm³/mol. The van der Waals surface area contributed by atoms with Gasteiger partial charge in [0.1, 0.15) is 11.6 Å². The van der Waals surface area contributed by atoms with Gasteiger partial charge in [-0.1, -0.05) is 0 Å². The number of nitrogens with zero attached hydrogens (tertiary/aromatic N) is 2. The number of fused-ring (bicyclic) bond motifs is 1. The van der Waals surface area contributed by atoms with E-state index in [2.05, 4.69) is 5.32 Å². The molecule has 0 aromatic heterocycles. The number of hydrogen-bond donors (Lipinski definition) is 2. The van der Waals surface area contributed by atoms with Crippen LogP contribution < -0.4 is 5.32 Å². The van der Waals surface area contributed by atoms with E-state index in [4.69, 9.17) is 4.74 Å². The molecule has 0 saturated carbocycles. The second-order valence-electron chi connectivity index (χ2n) is 7.09. The lowest BCUT2D eigenvalue weighted by atomic mass is 9.91.